The summed E-state index contributed by atoms with van der Waals surface area (Å²) in [6.45, 7) is 0. The molecule has 2 aliphatic rings. The second-order valence-corrected chi connectivity index (χ2v) is 6.32. The zero-order chi connectivity index (χ0) is 9.54. The molecule has 0 nitrogen and oxygen atoms in total. The summed E-state index contributed by atoms with van der Waals surface area (Å²) in [5, 5.41) is 0. The zero-order valence-corrected chi connectivity index (χ0v) is 10.4. The summed E-state index contributed by atoms with van der Waals surface area (Å²) < 4.78 is 1.22. The van der Waals surface area contributed by atoms with Gasteiger partial charge in [-0.1, -0.05) is 22.0 Å². The molecule has 1 unspecified atom stereocenters. The number of hydrogen-bond acceptors (Lipinski definition) is 1. The fourth-order valence-corrected chi connectivity index (χ4v) is 4.08. The van der Waals surface area contributed by atoms with E-state index in [9.17, 15) is 0 Å². The number of halogens is 1. The summed E-state index contributed by atoms with van der Waals surface area (Å²) in [5.74, 6) is 3.19. The van der Waals surface area contributed by atoms with E-state index in [0.717, 1.165) is 11.8 Å². The van der Waals surface area contributed by atoms with Gasteiger partial charge in [-0.25, -0.2) is 0 Å². The molecule has 0 aromatic heterocycles. The van der Waals surface area contributed by atoms with Crippen LogP contribution in [0.2, 0.25) is 0 Å². The van der Waals surface area contributed by atoms with E-state index in [1.54, 1.807) is 5.56 Å². The van der Waals surface area contributed by atoms with Crippen LogP contribution in [0.25, 0.3) is 0 Å². The smallest absolute Gasteiger partial charge is 0.0186 e. The SMILES string of the molecule is Brc1ccc2c(c1)SCCC2C1CC1. The standard InChI is InChI=1S/C12H13BrS/c13-9-3-4-11-10(8-1-2-8)5-6-14-12(11)7-9/h3-4,7-8,10H,1-2,5-6H2. The lowest BCUT2D eigenvalue weighted by molar-refractivity contribution is 0.574. The van der Waals surface area contributed by atoms with Crippen LogP contribution in [-0.2, 0) is 0 Å². The molecule has 0 saturated heterocycles. The second-order valence-electron chi connectivity index (χ2n) is 4.26. The van der Waals surface area contributed by atoms with Gasteiger partial charge in [-0.3, -0.25) is 0 Å². The van der Waals surface area contributed by atoms with Crippen LogP contribution in [0.3, 0.4) is 0 Å². The first-order valence-electron chi connectivity index (χ1n) is 5.27. The van der Waals surface area contributed by atoms with E-state index >= 15 is 0 Å². The molecule has 1 aromatic rings. The van der Waals surface area contributed by atoms with Crippen molar-refractivity contribution in [3.63, 3.8) is 0 Å². The molecule has 1 atom stereocenters. The van der Waals surface area contributed by atoms with E-state index in [-0.39, 0.29) is 0 Å². The molecule has 0 N–H and O–H groups in total. The molecule has 1 saturated carbocycles. The molecule has 1 aliphatic heterocycles. The highest BCUT2D eigenvalue weighted by Crippen LogP contribution is 2.50. The Morgan fingerprint density at radius 1 is 1.21 bits per heavy atom. The predicted molar refractivity (Wildman–Crippen MR) is 64.9 cm³/mol. The predicted octanol–water partition coefficient (Wildman–Crippen LogP) is 4.44. The number of benzene rings is 1. The van der Waals surface area contributed by atoms with Crippen molar-refractivity contribution in [3.8, 4) is 0 Å². The third-order valence-electron chi connectivity index (χ3n) is 3.25. The molecule has 2 heteroatoms. The summed E-state index contributed by atoms with van der Waals surface area (Å²) in [7, 11) is 0. The minimum Gasteiger partial charge on any atom is -0.126 e. The van der Waals surface area contributed by atoms with Gasteiger partial charge in [0.05, 0.1) is 0 Å². The molecule has 1 aliphatic carbocycles. The molecule has 0 spiro atoms. The summed E-state index contributed by atoms with van der Waals surface area (Å²) in [6.07, 6.45) is 4.32. The summed E-state index contributed by atoms with van der Waals surface area (Å²) in [5.41, 5.74) is 1.62. The van der Waals surface area contributed by atoms with Crippen LogP contribution < -0.4 is 0 Å². The van der Waals surface area contributed by atoms with Gasteiger partial charge >= 0.3 is 0 Å². The van der Waals surface area contributed by atoms with Crippen LogP contribution in [0.1, 0.15) is 30.7 Å². The molecular weight excluding hydrogens is 256 g/mol. The Bertz CT molecular complexity index is 357. The highest BCUT2D eigenvalue weighted by Gasteiger charge is 2.34. The van der Waals surface area contributed by atoms with E-state index < -0.39 is 0 Å². The van der Waals surface area contributed by atoms with Gasteiger partial charge in [0, 0.05) is 9.37 Å². The second kappa shape index (κ2) is 3.57. The van der Waals surface area contributed by atoms with Crippen molar-refractivity contribution < 1.29 is 0 Å². The minimum absolute atomic E-state index is 0.874. The highest BCUT2D eigenvalue weighted by molar-refractivity contribution is 9.10. The number of rotatable bonds is 1. The van der Waals surface area contributed by atoms with Crippen molar-refractivity contribution in [3.05, 3.63) is 28.2 Å². The molecule has 74 valence electrons. The molecule has 0 bridgehead atoms. The van der Waals surface area contributed by atoms with Crippen LogP contribution in [0.4, 0.5) is 0 Å². The quantitative estimate of drug-likeness (QED) is 0.726. The lowest BCUT2D eigenvalue weighted by atomic mass is 9.91. The largest absolute Gasteiger partial charge is 0.126 e. The molecule has 1 aromatic carbocycles. The van der Waals surface area contributed by atoms with Crippen LogP contribution >= 0.6 is 27.7 Å². The van der Waals surface area contributed by atoms with Crippen LogP contribution in [0.5, 0.6) is 0 Å². The third-order valence-corrected chi connectivity index (χ3v) is 4.85. The number of hydrogen-bond donors (Lipinski definition) is 0. The number of thioether (sulfide) groups is 1. The van der Waals surface area contributed by atoms with Crippen molar-refractivity contribution in [2.45, 2.75) is 30.1 Å². The molecule has 1 heterocycles. The zero-order valence-electron chi connectivity index (χ0n) is 8.00. The van der Waals surface area contributed by atoms with Crippen molar-refractivity contribution in [1.29, 1.82) is 0 Å². The van der Waals surface area contributed by atoms with Gasteiger partial charge in [-0.05, 0) is 54.5 Å². The fraction of sp³-hybridized carbons (Fsp3) is 0.500. The molecule has 3 rings (SSSR count). The average molecular weight is 269 g/mol. The van der Waals surface area contributed by atoms with E-state index in [1.807, 2.05) is 11.8 Å². The van der Waals surface area contributed by atoms with E-state index in [0.29, 0.717) is 0 Å². The Morgan fingerprint density at radius 2 is 2.07 bits per heavy atom. The maximum Gasteiger partial charge on any atom is 0.0186 e. The lowest BCUT2D eigenvalue weighted by Crippen LogP contribution is -2.09. The average Bonchev–Trinajstić information content (AvgIpc) is 2.99. The summed E-state index contributed by atoms with van der Waals surface area (Å²) in [4.78, 5) is 1.52. The maximum atomic E-state index is 3.55. The highest BCUT2D eigenvalue weighted by atomic mass is 79.9. The Hall–Kier alpha value is 0.0500. The summed E-state index contributed by atoms with van der Waals surface area (Å²) >= 11 is 5.57. The molecular formula is C12H13BrS. The fourth-order valence-electron chi connectivity index (χ4n) is 2.38. The normalized spacial score (nSPS) is 25.9. The van der Waals surface area contributed by atoms with E-state index in [1.165, 1.54) is 34.4 Å². The van der Waals surface area contributed by atoms with Crippen LogP contribution in [0, 0.1) is 5.92 Å². The van der Waals surface area contributed by atoms with Crippen LogP contribution in [0.15, 0.2) is 27.6 Å². The van der Waals surface area contributed by atoms with Gasteiger partial charge < -0.3 is 0 Å². The molecule has 0 radical (unpaired) electrons. The molecule has 1 fully saturated rings. The first-order chi connectivity index (χ1) is 6.84. The monoisotopic (exact) mass is 268 g/mol. The lowest BCUT2D eigenvalue weighted by Gasteiger charge is -2.25. The first-order valence-corrected chi connectivity index (χ1v) is 7.05. The van der Waals surface area contributed by atoms with E-state index in [2.05, 4.69) is 34.1 Å². The van der Waals surface area contributed by atoms with E-state index in [4.69, 9.17) is 0 Å². The van der Waals surface area contributed by atoms with Crippen LogP contribution in [-0.4, -0.2) is 5.75 Å². The van der Waals surface area contributed by atoms with Gasteiger partial charge in [0.15, 0.2) is 0 Å². The Labute approximate surface area is 97.6 Å². The minimum atomic E-state index is 0.874. The van der Waals surface area contributed by atoms with Crippen molar-refractivity contribution in [2.24, 2.45) is 5.92 Å². The Kier molecular flexibility index (Phi) is 2.37. The molecule has 0 amide bonds. The van der Waals surface area contributed by atoms with Gasteiger partial charge in [-0.15, -0.1) is 11.8 Å². The summed E-state index contributed by atoms with van der Waals surface area (Å²) in [6, 6.07) is 6.81. The van der Waals surface area contributed by atoms with Gasteiger partial charge in [-0.2, -0.15) is 0 Å². The van der Waals surface area contributed by atoms with Crippen molar-refractivity contribution in [1.82, 2.24) is 0 Å². The third kappa shape index (κ3) is 1.63. The topological polar surface area (TPSA) is 0 Å². The van der Waals surface area contributed by atoms with Gasteiger partial charge in [0.25, 0.3) is 0 Å². The Balaban J connectivity index is 2.01. The number of fused-ring (bicyclic) bond motifs is 1. The van der Waals surface area contributed by atoms with Crippen molar-refractivity contribution >= 4 is 27.7 Å². The van der Waals surface area contributed by atoms with Crippen molar-refractivity contribution in [2.75, 3.05) is 5.75 Å². The molecule has 14 heavy (non-hydrogen) atoms. The van der Waals surface area contributed by atoms with Gasteiger partial charge in [0.1, 0.15) is 0 Å². The Morgan fingerprint density at radius 3 is 2.86 bits per heavy atom. The maximum absolute atomic E-state index is 3.55. The first kappa shape index (κ1) is 9.29. The van der Waals surface area contributed by atoms with Gasteiger partial charge in [0.2, 0.25) is 0 Å².